The van der Waals surface area contributed by atoms with Crippen molar-refractivity contribution >= 4 is 5.91 Å². The maximum atomic E-state index is 13.0. The lowest BCUT2D eigenvalue weighted by atomic mass is 9.97. The summed E-state index contributed by atoms with van der Waals surface area (Å²) in [5.74, 6) is -0.260. The molecule has 9 N–H and O–H groups in total. The van der Waals surface area contributed by atoms with Crippen LogP contribution in [0.15, 0.2) is 36.5 Å². The van der Waals surface area contributed by atoms with Crippen LogP contribution in [0.2, 0.25) is 0 Å². The van der Waals surface area contributed by atoms with Crippen LogP contribution in [-0.4, -0.2) is 140 Å². The van der Waals surface area contributed by atoms with Crippen LogP contribution >= 0.6 is 0 Å². The molecule has 0 spiro atoms. The van der Waals surface area contributed by atoms with Gasteiger partial charge < -0.3 is 65.1 Å². The van der Waals surface area contributed by atoms with E-state index >= 15 is 0 Å². The number of amides is 1. The summed E-state index contributed by atoms with van der Waals surface area (Å²) in [5, 5.41) is 86.1. The van der Waals surface area contributed by atoms with Crippen LogP contribution in [-0.2, 0) is 23.7 Å². The fourth-order valence-corrected chi connectivity index (χ4v) is 6.91. The van der Waals surface area contributed by atoms with Crippen molar-refractivity contribution in [1.82, 2.24) is 5.32 Å². The molecule has 2 saturated heterocycles. The van der Waals surface area contributed by atoms with Crippen LogP contribution in [0.1, 0.15) is 136 Å². The van der Waals surface area contributed by atoms with Gasteiger partial charge in [0.15, 0.2) is 12.6 Å². The number of unbranched alkanes of at least 4 members (excludes halogenated alkanes) is 14. The maximum Gasteiger partial charge on any atom is 0.220 e. The van der Waals surface area contributed by atoms with Gasteiger partial charge in [-0.1, -0.05) is 115 Å². The van der Waals surface area contributed by atoms with Crippen molar-refractivity contribution in [1.29, 1.82) is 0 Å². The molecule has 57 heavy (non-hydrogen) atoms. The molecule has 2 fully saturated rings. The quantitative estimate of drug-likeness (QED) is 0.0361. The van der Waals surface area contributed by atoms with Gasteiger partial charge in [0, 0.05) is 6.42 Å². The number of hydrogen-bond donors (Lipinski definition) is 9. The number of carbonyl (C=O) groups excluding carboxylic acids is 1. The third-order valence-electron chi connectivity index (χ3n) is 10.6. The number of nitrogens with one attached hydrogen (secondary N) is 1. The summed E-state index contributed by atoms with van der Waals surface area (Å²) in [4.78, 5) is 13.0. The molecule has 1 amide bonds. The van der Waals surface area contributed by atoms with Gasteiger partial charge in [-0.15, -0.1) is 0 Å². The molecule has 0 saturated carbocycles. The van der Waals surface area contributed by atoms with Gasteiger partial charge in [0.2, 0.25) is 5.91 Å². The van der Waals surface area contributed by atoms with Crippen LogP contribution in [0.25, 0.3) is 0 Å². The molecular weight excluding hydrogens is 738 g/mol. The van der Waals surface area contributed by atoms with E-state index in [-0.39, 0.29) is 18.9 Å². The van der Waals surface area contributed by atoms with Gasteiger partial charge in [0.1, 0.15) is 48.8 Å². The van der Waals surface area contributed by atoms with Gasteiger partial charge in [-0.05, 0) is 51.4 Å². The van der Waals surface area contributed by atoms with Gasteiger partial charge in [-0.2, -0.15) is 0 Å². The van der Waals surface area contributed by atoms with E-state index in [2.05, 4.69) is 43.5 Å². The lowest BCUT2D eigenvalue weighted by molar-refractivity contribution is -0.359. The van der Waals surface area contributed by atoms with Crippen molar-refractivity contribution in [3.8, 4) is 0 Å². The van der Waals surface area contributed by atoms with Crippen molar-refractivity contribution in [2.75, 3.05) is 19.8 Å². The predicted octanol–water partition coefficient (Wildman–Crippen LogP) is 3.59. The van der Waals surface area contributed by atoms with E-state index in [1.54, 1.807) is 6.08 Å². The van der Waals surface area contributed by atoms with E-state index in [9.17, 15) is 45.6 Å². The van der Waals surface area contributed by atoms with E-state index in [4.69, 9.17) is 18.9 Å². The number of rotatable bonds is 31. The molecule has 2 aliphatic heterocycles. The molecule has 12 atom stereocenters. The minimum Gasteiger partial charge on any atom is -0.394 e. The molecular formula is C43H77NO13. The molecule has 0 aliphatic carbocycles. The maximum absolute atomic E-state index is 13.0. The minimum absolute atomic E-state index is 0.260. The predicted molar refractivity (Wildman–Crippen MR) is 217 cm³/mol. The first-order chi connectivity index (χ1) is 27.6. The Bertz CT molecular complexity index is 1100. The molecule has 12 unspecified atom stereocenters. The van der Waals surface area contributed by atoms with Crippen molar-refractivity contribution in [3.63, 3.8) is 0 Å². The van der Waals surface area contributed by atoms with E-state index in [1.165, 1.54) is 38.5 Å². The second-order valence-electron chi connectivity index (χ2n) is 15.5. The Balaban J connectivity index is 1.90. The molecule has 0 aromatic carbocycles. The Morgan fingerprint density at radius 2 is 1.16 bits per heavy atom. The highest BCUT2D eigenvalue weighted by Crippen LogP contribution is 2.30. The van der Waals surface area contributed by atoms with Gasteiger partial charge in [0.25, 0.3) is 0 Å². The van der Waals surface area contributed by atoms with Crippen molar-refractivity contribution in [2.24, 2.45) is 0 Å². The summed E-state index contributed by atoms with van der Waals surface area (Å²) < 4.78 is 22.5. The van der Waals surface area contributed by atoms with Crippen LogP contribution in [0, 0.1) is 0 Å². The summed E-state index contributed by atoms with van der Waals surface area (Å²) in [6.45, 7) is 2.66. The van der Waals surface area contributed by atoms with Gasteiger partial charge >= 0.3 is 0 Å². The summed E-state index contributed by atoms with van der Waals surface area (Å²) in [5.41, 5.74) is 0. The van der Waals surface area contributed by atoms with Crippen molar-refractivity contribution in [3.05, 3.63) is 36.5 Å². The Labute approximate surface area is 341 Å². The number of hydrogen-bond acceptors (Lipinski definition) is 13. The number of carbonyl (C=O) groups is 1. The van der Waals surface area contributed by atoms with E-state index < -0.39 is 86.8 Å². The van der Waals surface area contributed by atoms with Crippen LogP contribution in [0.5, 0.6) is 0 Å². The molecule has 2 heterocycles. The molecule has 0 aromatic rings. The molecule has 0 radical (unpaired) electrons. The number of allylic oxidation sites excluding steroid dienone is 5. The molecule has 0 aromatic heterocycles. The third-order valence-corrected chi connectivity index (χ3v) is 10.6. The minimum atomic E-state index is -1.79. The summed E-state index contributed by atoms with van der Waals surface area (Å²) in [6, 6.07) is -0.917. The van der Waals surface area contributed by atoms with Crippen LogP contribution in [0.3, 0.4) is 0 Å². The SMILES string of the molecule is CCCCC/C=C\C/C=C\CCCCCCCC(=O)NC(COC1OC(CO)C(OC2OC(CO)C(O)C(O)C2O)C(O)C1O)C(O)/C=C/CCCCCCCC. The molecule has 14 heteroatoms. The fourth-order valence-electron chi connectivity index (χ4n) is 6.91. The highest BCUT2D eigenvalue weighted by Gasteiger charge is 2.50. The summed E-state index contributed by atoms with van der Waals surface area (Å²) in [6.07, 6.45) is 15.0. The van der Waals surface area contributed by atoms with E-state index in [1.807, 2.05) is 6.08 Å². The van der Waals surface area contributed by atoms with Gasteiger partial charge in [0.05, 0.1) is 32.0 Å². The van der Waals surface area contributed by atoms with Gasteiger partial charge in [-0.3, -0.25) is 4.79 Å². The monoisotopic (exact) mass is 816 g/mol. The molecule has 0 bridgehead atoms. The first-order valence-corrected chi connectivity index (χ1v) is 21.7. The van der Waals surface area contributed by atoms with E-state index in [0.717, 1.165) is 70.6 Å². The lowest BCUT2D eigenvalue weighted by Crippen LogP contribution is -2.65. The van der Waals surface area contributed by atoms with Gasteiger partial charge in [-0.25, -0.2) is 0 Å². The second kappa shape index (κ2) is 31.1. The largest absolute Gasteiger partial charge is 0.394 e. The number of aliphatic hydroxyl groups excluding tert-OH is 8. The fraction of sp³-hybridized carbons (Fsp3) is 0.837. The highest BCUT2D eigenvalue weighted by atomic mass is 16.7. The summed E-state index contributed by atoms with van der Waals surface area (Å²) >= 11 is 0. The zero-order chi connectivity index (χ0) is 41.8. The molecule has 332 valence electrons. The third kappa shape index (κ3) is 19.9. The zero-order valence-corrected chi connectivity index (χ0v) is 34.6. The average molecular weight is 816 g/mol. The topological polar surface area (TPSA) is 228 Å². The Hall–Kier alpha value is -1.79. The molecule has 2 rings (SSSR count). The van der Waals surface area contributed by atoms with Crippen LogP contribution in [0.4, 0.5) is 0 Å². The lowest BCUT2D eigenvalue weighted by Gasteiger charge is -2.46. The highest BCUT2D eigenvalue weighted by molar-refractivity contribution is 5.76. The Morgan fingerprint density at radius 3 is 1.79 bits per heavy atom. The zero-order valence-electron chi connectivity index (χ0n) is 34.6. The van der Waals surface area contributed by atoms with Crippen LogP contribution < -0.4 is 5.32 Å². The second-order valence-corrected chi connectivity index (χ2v) is 15.5. The normalized spacial score (nSPS) is 29.4. The smallest absolute Gasteiger partial charge is 0.220 e. The Kier molecular flexibility index (Phi) is 28.1. The first-order valence-electron chi connectivity index (χ1n) is 21.7. The van der Waals surface area contributed by atoms with E-state index in [0.29, 0.717) is 6.42 Å². The van der Waals surface area contributed by atoms with Crippen molar-refractivity contribution < 1.29 is 64.6 Å². The number of aliphatic hydroxyl groups is 8. The summed E-state index contributed by atoms with van der Waals surface area (Å²) in [7, 11) is 0. The molecule has 2 aliphatic rings. The molecule has 14 nitrogen and oxygen atoms in total. The Morgan fingerprint density at radius 1 is 0.632 bits per heavy atom. The standard InChI is InChI=1S/C43H77NO13/c1-3-5-7-9-11-13-14-15-16-17-18-19-21-23-25-27-35(48)44-31(32(47)26-24-22-20-12-10-8-6-4-2)30-54-42-40(53)38(51)41(34(29-46)56-42)57-43-39(52)37(50)36(49)33(28-45)55-43/h11,13,15-16,24,26,31-34,36-43,45-47,49-53H,3-10,12,14,17-23,25,27-30H2,1-2H3,(H,44,48)/b13-11-,16-15-,26-24+. The number of ether oxygens (including phenoxy) is 4. The first kappa shape index (κ1) is 51.4. The average Bonchev–Trinajstić information content (AvgIpc) is 3.21. The van der Waals surface area contributed by atoms with Crippen molar-refractivity contribution in [2.45, 2.75) is 209 Å².